The van der Waals surface area contributed by atoms with Crippen LogP contribution in [0.3, 0.4) is 0 Å². The van der Waals surface area contributed by atoms with Gasteiger partial charge in [0.05, 0.1) is 12.8 Å². The number of fused-ring (bicyclic) bond motifs is 1. The first-order chi connectivity index (χ1) is 13.1. The van der Waals surface area contributed by atoms with Crippen molar-refractivity contribution in [2.45, 2.75) is 0 Å². The Morgan fingerprint density at radius 1 is 1.33 bits per heavy atom. The molecule has 4 rings (SSSR count). The maximum absolute atomic E-state index is 12.8. The third-order valence-corrected chi connectivity index (χ3v) is 4.30. The van der Waals surface area contributed by atoms with E-state index in [1.807, 2.05) is 0 Å². The number of hydrogen-bond donors (Lipinski definition) is 1. The molecule has 0 aliphatic rings. The molecule has 8 heteroatoms. The van der Waals surface area contributed by atoms with Gasteiger partial charge in [-0.25, -0.2) is 0 Å². The lowest BCUT2D eigenvalue weighted by Gasteiger charge is -2.09. The molecule has 27 heavy (non-hydrogen) atoms. The highest BCUT2D eigenvalue weighted by Crippen LogP contribution is 2.36. The van der Waals surface area contributed by atoms with E-state index in [-0.39, 0.29) is 5.91 Å². The molecule has 0 spiro atoms. The van der Waals surface area contributed by atoms with Gasteiger partial charge in [0, 0.05) is 30.0 Å². The number of aryl methyl sites for hydroxylation is 1. The highest BCUT2D eigenvalue weighted by atomic mass is 35.5. The van der Waals surface area contributed by atoms with Crippen LogP contribution in [0.5, 0.6) is 5.75 Å². The zero-order chi connectivity index (χ0) is 19.0. The van der Waals surface area contributed by atoms with E-state index in [0.717, 1.165) is 0 Å². The summed E-state index contributed by atoms with van der Waals surface area (Å²) < 4.78 is 12.4. The van der Waals surface area contributed by atoms with Crippen LogP contribution in [0.1, 0.15) is 10.4 Å². The fourth-order valence-corrected chi connectivity index (χ4v) is 3.03. The Kier molecular flexibility index (Phi) is 4.29. The van der Waals surface area contributed by atoms with E-state index < -0.39 is 0 Å². The van der Waals surface area contributed by atoms with Crippen molar-refractivity contribution in [2.75, 3.05) is 12.4 Å². The molecule has 0 unspecified atom stereocenters. The Balaban J connectivity index is 1.74. The van der Waals surface area contributed by atoms with Crippen LogP contribution in [0.2, 0.25) is 5.02 Å². The SMILES string of the molecule is COc1ccc(Cl)cc1-c1nn(C)cc1NC(=O)c1coc2cccnc12. The van der Waals surface area contributed by atoms with Crippen LogP contribution < -0.4 is 10.1 Å². The predicted octanol–water partition coefficient (Wildman–Crippen LogP) is 4.14. The minimum Gasteiger partial charge on any atom is -0.496 e. The molecule has 1 aromatic carbocycles. The maximum atomic E-state index is 12.8. The molecule has 4 aromatic rings. The van der Waals surface area contributed by atoms with Crippen LogP contribution in [-0.2, 0) is 7.05 Å². The Hall–Kier alpha value is -3.32. The van der Waals surface area contributed by atoms with Crippen LogP contribution in [0.25, 0.3) is 22.4 Å². The van der Waals surface area contributed by atoms with E-state index >= 15 is 0 Å². The van der Waals surface area contributed by atoms with Crippen molar-refractivity contribution < 1.29 is 13.9 Å². The Morgan fingerprint density at radius 3 is 3.00 bits per heavy atom. The molecule has 0 bridgehead atoms. The van der Waals surface area contributed by atoms with Gasteiger partial charge in [0.1, 0.15) is 28.8 Å². The zero-order valence-electron chi connectivity index (χ0n) is 14.6. The molecule has 0 atom stereocenters. The van der Waals surface area contributed by atoms with Gasteiger partial charge in [0.15, 0.2) is 5.58 Å². The minimum absolute atomic E-state index is 0.345. The monoisotopic (exact) mass is 382 g/mol. The summed E-state index contributed by atoms with van der Waals surface area (Å²) >= 11 is 6.14. The Morgan fingerprint density at radius 2 is 2.19 bits per heavy atom. The minimum atomic E-state index is -0.345. The largest absolute Gasteiger partial charge is 0.496 e. The second kappa shape index (κ2) is 6.77. The van der Waals surface area contributed by atoms with Gasteiger partial charge in [-0.15, -0.1) is 0 Å². The molecule has 0 aliphatic carbocycles. The maximum Gasteiger partial charge on any atom is 0.261 e. The summed E-state index contributed by atoms with van der Waals surface area (Å²) in [5, 5.41) is 7.87. The number of benzene rings is 1. The van der Waals surface area contributed by atoms with E-state index in [2.05, 4.69) is 15.4 Å². The number of hydrogen-bond acceptors (Lipinski definition) is 5. The molecule has 0 saturated heterocycles. The first-order valence-electron chi connectivity index (χ1n) is 8.08. The van der Waals surface area contributed by atoms with Crippen molar-refractivity contribution in [1.82, 2.24) is 14.8 Å². The van der Waals surface area contributed by atoms with E-state index in [4.69, 9.17) is 20.8 Å². The number of carbonyl (C=O) groups is 1. The van der Waals surface area contributed by atoms with Gasteiger partial charge < -0.3 is 14.5 Å². The van der Waals surface area contributed by atoms with Crippen molar-refractivity contribution in [1.29, 1.82) is 0 Å². The van der Waals surface area contributed by atoms with Gasteiger partial charge in [-0.05, 0) is 30.3 Å². The molecule has 0 aliphatic heterocycles. The fourth-order valence-electron chi connectivity index (χ4n) is 2.86. The van der Waals surface area contributed by atoms with Crippen LogP contribution in [0.4, 0.5) is 5.69 Å². The van der Waals surface area contributed by atoms with Crippen LogP contribution >= 0.6 is 11.6 Å². The normalized spacial score (nSPS) is 10.9. The molecular formula is C19H15ClN4O3. The van der Waals surface area contributed by atoms with Gasteiger partial charge in [0.2, 0.25) is 0 Å². The number of carbonyl (C=O) groups excluding carboxylic acids is 1. The quantitative estimate of drug-likeness (QED) is 0.573. The third-order valence-electron chi connectivity index (χ3n) is 4.07. The lowest BCUT2D eigenvalue weighted by atomic mass is 10.1. The molecule has 0 fully saturated rings. The summed E-state index contributed by atoms with van der Waals surface area (Å²) in [7, 11) is 3.34. The van der Waals surface area contributed by atoms with Crippen molar-refractivity contribution in [3.05, 3.63) is 59.6 Å². The molecule has 7 nitrogen and oxygen atoms in total. The zero-order valence-corrected chi connectivity index (χ0v) is 15.3. The molecule has 0 saturated carbocycles. The number of furan rings is 1. The molecule has 3 heterocycles. The van der Waals surface area contributed by atoms with Gasteiger partial charge in [-0.2, -0.15) is 5.10 Å². The number of amides is 1. The van der Waals surface area contributed by atoms with E-state index in [9.17, 15) is 4.79 Å². The van der Waals surface area contributed by atoms with Gasteiger partial charge >= 0.3 is 0 Å². The summed E-state index contributed by atoms with van der Waals surface area (Å²) in [5.74, 6) is 0.256. The highest BCUT2D eigenvalue weighted by Gasteiger charge is 2.20. The number of anilines is 1. The third kappa shape index (κ3) is 3.13. The molecule has 1 amide bonds. The number of pyridine rings is 1. The van der Waals surface area contributed by atoms with Crippen LogP contribution in [0, 0.1) is 0 Å². The van der Waals surface area contributed by atoms with Crippen molar-refractivity contribution in [3.8, 4) is 17.0 Å². The average Bonchev–Trinajstić information content (AvgIpc) is 3.25. The standard InChI is InChI=1S/C19H15ClN4O3/c1-24-9-14(17(23-24)12-8-11(20)5-6-15(12)26-2)22-19(25)13-10-27-16-4-3-7-21-18(13)16/h3-10H,1-2H3,(H,22,25). The number of nitrogens with zero attached hydrogens (tertiary/aromatic N) is 3. The molecular weight excluding hydrogens is 368 g/mol. The summed E-state index contributed by atoms with van der Waals surface area (Å²) in [5.41, 5.74) is 3.14. The molecule has 1 N–H and O–H groups in total. The number of rotatable bonds is 4. The summed E-state index contributed by atoms with van der Waals surface area (Å²) in [6.45, 7) is 0. The molecule has 0 radical (unpaired) electrons. The van der Waals surface area contributed by atoms with Gasteiger partial charge in [-0.1, -0.05) is 11.6 Å². The number of aromatic nitrogens is 3. The number of nitrogens with one attached hydrogen (secondary N) is 1. The van der Waals surface area contributed by atoms with Crippen LogP contribution in [0.15, 0.2) is 53.4 Å². The summed E-state index contributed by atoms with van der Waals surface area (Å²) in [6.07, 6.45) is 4.72. The first kappa shape index (κ1) is 17.1. The van der Waals surface area contributed by atoms with Gasteiger partial charge in [-0.3, -0.25) is 14.5 Å². The fraction of sp³-hybridized carbons (Fsp3) is 0.105. The summed E-state index contributed by atoms with van der Waals surface area (Å²) in [6, 6.07) is 8.73. The van der Waals surface area contributed by atoms with E-state index in [1.165, 1.54) is 6.26 Å². The second-order valence-electron chi connectivity index (χ2n) is 5.86. The smallest absolute Gasteiger partial charge is 0.261 e. The Labute approximate surface area is 159 Å². The number of ether oxygens (including phenoxy) is 1. The van der Waals surface area contributed by atoms with Crippen molar-refractivity contribution in [3.63, 3.8) is 0 Å². The van der Waals surface area contributed by atoms with E-state index in [0.29, 0.717) is 44.4 Å². The second-order valence-corrected chi connectivity index (χ2v) is 6.30. The lowest BCUT2D eigenvalue weighted by Crippen LogP contribution is -2.12. The number of methoxy groups -OCH3 is 1. The summed E-state index contributed by atoms with van der Waals surface area (Å²) in [4.78, 5) is 17.0. The lowest BCUT2D eigenvalue weighted by molar-refractivity contribution is 0.102. The molecule has 136 valence electrons. The topological polar surface area (TPSA) is 82.2 Å². The Bertz CT molecular complexity index is 1150. The average molecular weight is 383 g/mol. The number of halogens is 1. The highest BCUT2D eigenvalue weighted by molar-refractivity contribution is 6.31. The van der Waals surface area contributed by atoms with Crippen LogP contribution in [-0.4, -0.2) is 27.8 Å². The van der Waals surface area contributed by atoms with Gasteiger partial charge in [0.25, 0.3) is 5.91 Å². The van der Waals surface area contributed by atoms with Crippen molar-refractivity contribution in [2.24, 2.45) is 7.05 Å². The first-order valence-corrected chi connectivity index (χ1v) is 8.45. The predicted molar refractivity (Wildman–Crippen MR) is 102 cm³/mol. The molecule has 3 aromatic heterocycles. The van der Waals surface area contributed by atoms with Crippen molar-refractivity contribution >= 4 is 34.3 Å². The van der Waals surface area contributed by atoms with E-state index in [1.54, 1.807) is 61.6 Å².